The van der Waals surface area contributed by atoms with Crippen LogP contribution in [0.2, 0.25) is 0 Å². The molecule has 0 spiro atoms. The van der Waals surface area contributed by atoms with Gasteiger partial charge in [0.25, 0.3) is 5.91 Å². The standard InChI is InChI=1S/C12H12N2O2S/c1-13-11(16)8-2-4-9(5-3-8)12-14-10(6-15)7-17-12/h2-5,7,15H,6H2,1H3,(H,13,16). The predicted octanol–water partition coefficient (Wildman–Crippen LogP) is 1.66. The number of rotatable bonds is 3. The number of carbonyl (C=O) groups excluding carboxylic acids is 1. The number of aliphatic hydroxyl groups excluding tert-OH is 1. The Morgan fingerprint density at radius 3 is 2.65 bits per heavy atom. The van der Waals surface area contributed by atoms with Gasteiger partial charge < -0.3 is 10.4 Å². The van der Waals surface area contributed by atoms with E-state index < -0.39 is 0 Å². The van der Waals surface area contributed by atoms with Crippen LogP contribution >= 0.6 is 11.3 Å². The summed E-state index contributed by atoms with van der Waals surface area (Å²) in [5, 5.41) is 14.2. The number of benzene rings is 1. The van der Waals surface area contributed by atoms with Crippen molar-refractivity contribution in [3.05, 3.63) is 40.9 Å². The molecule has 0 saturated carbocycles. The Bertz CT molecular complexity index is 520. The van der Waals surface area contributed by atoms with E-state index in [-0.39, 0.29) is 12.5 Å². The molecule has 1 aromatic heterocycles. The third kappa shape index (κ3) is 2.51. The van der Waals surface area contributed by atoms with Crippen LogP contribution in [0.15, 0.2) is 29.6 Å². The summed E-state index contributed by atoms with van der Waals surface area (Å²) >= 11 is 1.48. The highest BCUT2D eigenvalue weighted by Gasteiger charge is 2.06. The lowest BCUT2D eigenvalue weighted by atomic mass is 10.1. The number of aliphatic hydroxyl groups is 1. The summed E-state index contributed by atoms with van der Waals surface area (Å²) in [4.78, 5) is 15.6. The molecule has 0 bridgehead atoms. The van der Waals surface area contributed by atoms with Crippen molar-refractivity contribution in [1.29, 1.82) is 0 Å². The van der Waals surface area contributed by atoms with Crippen molar-refractivity contribution in [2.45, 2.75) is 6.61 Å². The molecule has 1 heterocycles. The molecule has 88 valence electrons. The van der Waals surface area contributed by atoms with E-state index in [2.05, 4.69) is 10.3 Å². The van der Waals surface area contributed by atoms with Gasteiger partial charge in [-0.3, -0.25) is 4.79 Å². The number of nitrogens with one attached hydrogen (secondary N) is 1. The second-order valence-electron chi connectivity index (χ2n) is 3.46. The second kappa shape index (κ2) is 5.07. The lowest BCUT2D eigenvalue weighted by Crippen LogP contribution is -2.17. The lowest BCUT2D eigenvalue weighted by molar-refractivity contribution is 0.0963. The van der Waals surface area contributed by atoms with Crippen molar-refractivity contribution < 1.29 is 9.90 Å². The van der Waals surface area contributed by atoms with Gasteiger partial charge in [-0.25, -0.2) is 4.98 Å². The van der Waals surface area contributed by atoms with Crippen molar-refractivity contribution in [1.82, 2.24) is 10.3 Å². The third-order valence-electron chi connectivity index (χ3n) is 2.33. The van der Waals surface area contributed by atoms with Gasteiger partial charge in [0.1, 0.15) is 5.01 Å². The first-order valence-corrected chi connectivity index (χ1v) is 6.00. The van der Waals surface area contributed by atoms with E-state index in [1.165, 1.54) is 11.3 Å². The van der Waals surface area contributed by atoms with Gasteiger partial charge in [-0.2, -0.15) is 0 Å². The van der Waals surface area contributed by atoms with Crippen LogP contribution in [0, 0.1) is 0 Å². The van der Waals surface area contributed by atoms with E-state index in [0.29, 0.717) is 11.3 Å². The molecule has 0 aliphatic rings. The highest BCUT2D eigenvalue weighted by atomic mass is 32.1. The molecule has 2 aromatic rings. The molecule has 1 aromatic carbocycles. The van der Waals surface area contributed by atoms with Gasteiger partial charge >= 0.3 is 0 Å². The Hall–Kier alpha value is -1.72. The number of hydrogen-bond acceptors (Lipinski definition) is 4. The average molecular weight is 248 g/mol. The van der Waals surface area contributed by atoms with Crippen LogP contribution in [0.25, 0.3) is 10.6 Å². The summed E-state index contributed by atoms with van der Waals surface area (Å²) in [5.74, 6) is -0.105. The first-order chi connectivity index (χ1) is 8.24. The third-order valence-corrected chi connectivity index (χ3v) is 3.28. The molecule has 17 heavy (non-hydrogen) atoms. The topological polar surface area (TPSA) is 62.2 Å². The SMILES string of the molecule is CNC(=O)c1ccc(-c2nc(CO)cs2)cc1. The van der Waals surface area contributed by atoms with Gasteiger partial charge in [-0.1, -0.05) is 12.1 Å². The molecule has 2 N–H and O–H groups in total. The Kier molecular flexibility index (Phi) is 3.51. The summed E-state index contributed by atoms with van der Waals surface area (Å²) in [7, 11) is 1.60. The van der Waals surface area contributed by atoms with Crippen LogP contribution in [-0.2, 0) is 6.61 Å². The minimum Gasteiger partial charge on any atom is -0.390 e. The molecule has 4 nitrogen and oxygen atoms in total. The zero-order valence-electron chi connectivity index (χ0n) is 9.30. The Labute approximate surface area is 103 Å². The quantitative estimate of drug-likeness (QED) is 0.868. The molecule has 0 atom stereocenters. The summed E-state index contributed by atoms with van der Waals surface area (Å²) in [5.41, 5.74) is 2.23. The fourth-order valence-corrected chi connectivity index (χ4v) is 2.24. The molecule has 0 aliphatic carbocycles. The first-order valence-electron chi connectivity index (χ1n) is 5.12. The van der Waals surface area contributed by atoms with E-state index in [9.17, 15) is 4.79 Å². The first kappa shape index (κ1) is 11.8. The van der Waals surface area contributed by atoms with Crippen LogP contribution < -0.4 is 5.32 Å². The van der Waals surface area contributed by atoms with Crippen LogP contribution in [0.3, 0.4) is 0 Å². The lowest BCUT2D eigenvalue weighted by Gasteiger charge is -2.00. The van der Waals surface area contributed by atoms with E-state index in [0.717, 1.165) is 10.6 Å². The van der Waals surface area contributed by atoms with Gasteiger partial charge in [0.15, 0.2) is 0 Å². The van der Waals surface area contributed by atoms with Crippen LogP contribution in [0.5, 0.6) is 0 Å². The summed E-state index contributed by atoms with van der Waals surface area (Å²) in [6, 6.07) is 7.22. The second-order valence-corrected chi connectivity index (χ2v) is 4.32. The van der Waals surface area contributed by atoms with E-state index in [1.54, 1.807) is 19.2 Å². The molecular weight excluding hydrogens is 236 g/mol. The maximum Gasteiger partial charge on any atom is 0.251 e. The number of carbonyl (C=O) groups is 1. The summed E-state index contributed by atoms with van der Waals surface area (Å²) < 4.78 is 0. The van der Waals surface area contributed by atoms with Crippen LogP contribution in [0.4, 0.5) is 0 Å². The van der Waals surface area contributed by atoms with Crippen LogP contribution in [-0.4, -0.2) is 23.0 Å². The van der Waals surface area contributed by atoms with Gasteiger partial charge in [0.2, 0.25) is 0 Å². The number of amides is 1. The van der Waals surface area contributed by atoms with Gasteiger partial charge in [0.05, 0.1) is 12.3 Å². The monoisotopic (exact) mass is 248 g/mol. The molecule has 0 aliphatic heterocycles. The molecule has 0 fully saturated rings. The number of aromatic nitrogens is 1. The molecule has 2 rings (SSSR count). The summed E-state index contributed by atoms with van der Waals surface area (Å²) in [6.07, 6.45) is 0. The van der Waals surface area contributed by atoms with E-state index in [4.69, 9.17) is 5.11 Å². The molecular formula is C12H12N2O2S. The van der Waals surface area contributed by atoms with Crippen molar-refractivity contribution in [3.8, 4) is 10.6 Å². The van der Waals surface area contributed by atoms with Crippen molar-refractivity contribution in [2.75, 3.05) is 7.05 Å². The maximum absolute atomic E-state index is 11.4. The largest absolute Gasteiger partial charge is 0.390 e. The van der Waals surface area contributed by atoms with Crippen molar-refractivity contribution in [3.63, 3.8) is 0 Å². The molecule has 0 radical (unpaired) electrons. The van der Waals surface area contributed by atoms with Crippen molar-refractivity contribution >= 4 is 17.2 Å². The number of hydrogen-bond donors (Lipinski definition) is 2. The van der Waals surface area contributed by atoms with E-state index in [1.807, 2.05) is 17.5 Å². The van der Waals surface area contributed by atoms with Crippen LogP contribution in [0.1, 0.15) is 16.1 Å². The highest BCUT2D eigenvalue weighted by Crippen LogP contribution is 2.23. The molecule has 0 saturated heterocycles. The van der Waals surface area contributed by atoms with E-state index >= 15 is 0 Å². The van der Waals surface area contributed by atoms with Gasteiger partial charge in [-0.15, -0.1) is 11.3 Å². The summed E-state index contributed by atoms with van der Waals surface area (Å²) in [6.45, 7) is -0.0488. The fourth-order valence-electron chi connectivity index (χ4n) is 1.42. The zero-order valence-corrected chi connectivity index (χ0v) is 10.1. The van der Waals surface area contributed by atoms with Gasteiger partial charge in [0, 0.05) is 23.6 Å². The Morgan fingerprint density at radius 2 is 2.12 bits per heavy atom. The minimum absolute atomic E-state index is 0.0488. The number of thiazole rings is 1. The number of nitrogens with zero attached hydrogens (tertiary/aromatic N) is 1. The molecule has 1 amide bonds. The average Bonchev–Trinajstić information content (AvgIpc) is 2.87. The van der Waals surface area contributed by atoms with Crippen molar-refractivity contribution in [2.24, 2.45) is 0 Å². The Morgan fingerprint density at radius 1 is 1.41 bits per heavy atom. The predicted molar refractivity (Wildman–Crippen MR) is 66.9 cm³/mol. The smallest absolute Gasteiger partial charge is 0.251 e. The normalized spacial score (nSPS) is 10.2. The minimum atomic E-state index is -0.105. The highest BCUT2D eigenvalue weighted by molar-refractivity contribution is 7.13. The maximum atomic E-state index is 11.4. The molecule has 5 heteroatoms. The fraction of sp³-hybridized carbons (Fsp3) is 0.167. The Balaban J connectivity index is 2.25. The van der Waals surface area contributed by atoms with Gasteiger partial charge in [-0.05, 0) is 12.1 Å². The zero-order chi connectivity index (χ0) is 12.3. The molecule has 0 unspecified atom stereocenters.